The van der Waals surface area contributed by atoms with E-state index in [1.807, 2.05) is 19.1 Å². The number of nitrogens with one attached hydrogen (secondary N) is 4. The van der Waals surface area contributed by atoms with E-state index in [4.69, 9.17) is 0 Å². The smallest absolute Gasteiger partial charge is 0.271 e. The number of fused-ring (bicyclic) bond motifs is 1. The molecule has 0 saturated carbocycles. The number of nitrogens with zero attached hydrogens (tertiary/aromatic N) is 1. The lowest BCUT2D eigenvalue weighted by molar-refractivity contribution is -0.125. The third-order valence-corrected chi connectivity index (χ3v) is 6.07. The number of hydrogen-bond donors (Lipinski definition) is 4. The zero-order valence-electron chi connectivity index (χ0n) is 17.5. The van der Waals surface area contributed by atoms with Gasteiger partial charge in [0.2, 0.25) is 15.9 Å². The van der Waals surface area contributed by atoms with Crippen LogP contribution in [0.5, 0.6) is 0 Å². The third-order valence-electron chi connectivity index (χ3n) is 4.66. The topological polar surface area (TPSA) is 138 Å². The van der Waals surface area contributed by atoms with Gasteiger partial charge in [0.05, 0.1) is 23.5 Å². The van der Waals surface area contributed by atoms with Crippen molar-refractivity contribution in [2.45, 2.75) is 11.8 Å². The summed E-state index contributed by atoms with van der Waals surface area (Å²) in [6, 6.07) is 13.5. The van der Waals surface area contributed by atoms with Gasteiger partial charge in [-0.15, -0.1) is 0 Å². The van der Waals surface area contributed by atoms with Crippen molar-refractivity contribution >= 4 is 38.6 Å². The van der Waals surface area contributed by atoms with E-state index in [9.17, 15) is 22.8 Å². The van der Waals surface area contributed by atoms with Gasteiger partial charge in [0.1, 0.15) is 0 Å². The van der Waals surface area contributed by atoms with Crippen LogP contribution in [0, 0.1) is 6.92 Å². The molecular weight excluding hydrogens is 434 g/mol. The molecule has 0 unspecified atom stereocenters. The monoisotopic (exact) mass is 457 g/mol. The summed E-state index contributed by atoms with van der Waals surface area (Å²) in [6.07, 6.45) is 1.65. The Hall–Kier alpha value is -3.70. The molecule has 168 valence electrons. The zero-order chi connectivity index (χ0) is 23.3. The second-order valence-corrected chi connectivity index (χ2v) is 8.85. The van der Waals surface area contributed by atoms with Crippen molar-refractivity contribution in [1.82, 2.24) is 25.5 Å². The fraction of sp³-hybridized carbons (Fsp3) is 0.190. The molecule has 1 aromatic heterocycles. The van der Waals surface area contributed by atoms with Crippen molar-refractivity contribution in [3.8, 4) is 0 Å². The first-order chi connectivity index (χ1) is 15.2. The Morgan fingerprint density at radius 2 is 1.59 bits per heavy atom. The quantitative estimate of drug-likeness (QED) is 0.379. The first-order valence-electron chi connectivity index (χ1n) is 9.63. The van der Waals surface area contributed by atoms with E-state index in [2.05, 4.69) is 20.9 Å². The summed E-state index contributed by atoms with van der Waals surface area (Å²) in [4.78, 5) is 36.2. The lowest BCUT2D eigenvalue weighted by Crippen LogP contribution is -2.47. The summed E-state index contributed by atoms with van der Waals surface area (Å²) in [5.41, 5.74) is 6.66. The molecule has 3 aromatic rings. The molecule has 0 bridgehead atoms. The maximum Gasteiger partial charge on any atom is 0.271 e. The van der Waals surface area contributed by atoms with Crippen LogP contribution < -0.4 is 20.9 Å². The van der Waals surface area contributed by atoms with Gasteiger partial charge in [-0.2, -0.15) is 0 Å². The van der Waals surface area contributed by atoms with Gasteiger partial charge in [-0.1, -0.05) is 35.9 Å². The number of benzene rings is 2. The predicted octanol–water partition coefficient (Wildman–Crippen LogP) is 0.342. The van der Waals surface area contributed by atoms with Crippen LogP contribution >= 0.6 is 0 Å². The van der Waals surface area contributed by atoms with Gasteiger partial charge in [-0.3, -0.25) is 25.2 Å². The van der Waals surface area contributed by atoms with Gasteiger partial charge in [0.15, 0.2) is 0 Å². The largest absolute Gasteiger partial charge is 0.350 e. The predicted molar refractivity (Wildman–Crippen MR) is 118 cm³/mol. The Kier molecular flexibility index (Phi) is 6.91. The van der Waals surface area contributed by atoms with Crippen molar-refractivity contribution in [1.29, 1.82) is 0 Å². The van der Waals surface area contributed by atoms with Crippen molar-refractivity contribution in [2.75, 3.05) is 13.1 Å². The van der Waals surface area contributed by atoms with Crippen LogP contribution in [-0.2, 0) is 26.7 Å². The van der Waals surface area contributed by atoms with Crippen molar-refractivity contribution < 1.29 is 22.8 Å². The number of carbonyl (C=O) groups excluding carboxylic acids is 3. The molecule has 3 amide bonds. The van der Waals surface area contributed by atoms with Crippen LogP contribution in [0.2, 0.25) is 0 Å². The number of aryl methyl sites for hydroxylation is 2. The maximum absolute atomic E-state index is 12.4. The second kappa shape index (κ2) is 9.62. The minimum atomic E-state index is -3.85. The Labute approximate surface area is 185 Å². The van der Waals surface area contributed by atoms with Crippen LogP contribution in [0.1, 0.15) is 15.9 Å². The highest BCUT2D eigenvalue weighted by molar-refractivity contribution is 7.89. The molecule has 2 aromatic carbocycles. The van der Waals surface area contributed by atoms with Crippen LogP contribution in [0.15, 0.2) is 59.6 Å². The van der Waals surface area contributed by atoms with Gasteiger partial charge in [0, 0.05) is 24.1 Å². The van der Waals surface area contributed by atoms with Crippen LogP contribution in [-0.4, -0.2) is 43.8 Å². The highest BCUT2D eigenvalue weighted by Gasteiger charge is 2.17. The number of rotatable bonds is 7. The highest BCUT2D eigenvalue weighted by Crippen LogP contribution is 2.19. The number of amides is 3. The molecule has 10 nitrogen and oxygen atoms in total. The van der Waals surface area contributed by atoms with E-state index < -0.39 is 40.8 Å². The van der Waals surface area contributed by atoms with Gasteiger partial charge in [-0.05, 0) is 25.1 Å². The van der Waals surface area contributed by atoms with Gasteiger partial charge >= 0.3 is 0 Å². The summed E-state index contributed by atoms with van der Waals surface area (Å²) < 4.78 is 28.3. The number of hydrogen-bond acceptors (Lipinski definition) is 5. The van der Waals surface area contributed by atoms with Crippen LogP contribution in [0.3, 0.4) is 0 Å². The lowest BCUT2D eigenvalue weighted by Gasteiger charge is -2.09. The molecular formula is C21H23N5O5S. The number of sulfonamides is 1. The average Bonchev–Trinajstić information content (AvgIpc) is 3.12. The molecule has 0 aliphatic carbocycles. The first kappa shape index (κ1) is 23.0. The van der Waals surface area contributed by atoms with E-state index in [1.54, 1.807) is 42.1 Å². The van der Waals surface area contributed by atoms with E-state index in [0.29, 0.717) is 5.56 Å². The SMILES string of the molecule is Cc1ccc(S(=O)(=O)NCC(=O)NCC(=O)NNC(=O)c2cn(C)c3ccccc23)cc1. The van der Waals surface area contributed by atoms with Crippen molar-refractivity contribution in [3.63, 3.8) is 0 Å². The molecule has 0 radical (unpaired) electrons. The Morgan fingerprint density at radius 3 is 2.31 bits per heavy atom. The zero-order valence-corrected chi connectivity index (χ0v) is 18.3. The standard InChI is InChI=1S/C21H23N5O5S/c1-14-7-9-15(10-8-14)32(30,31)23-12-19(27)22-11-20(28)24-25-21(29)17-13-26(2)18-6-4-3-5-16(17)18/h3-10,13,23H,11-12H2,1-2H3,(H,22,27)(H,24,28)(H,25,29). The summed E-state index contributed by atoms with van der Waals surface area (Å²) in [5, 5.41) is 3.01. The number of para-hydroxylation sites is 1. The number of hydrazine groups is 1. The molecule has 4 N–H and O–H groups in total. The van der Waals surface area contributed by atoms with E-state index in [-0.39, 0.29) is 4.90 Å². The van der Waals surface area contributed by atoms with Crippen LogP contribution in [0.4, 0.5) is 0 Å². The van der Waals surface area contributed by atoms with E-state index in [0.717, 1.165) is 16.5 Å². The molecule has 0 fully saturated rings. The van der Waals surface area contributed by atoms with Crippen molar-refractivity contribution in [3.05, 3.63) is 65.9 Å². The highest BCUT2D eigenvalue weighted by atomic mass is 32.2. The molecule has 3 rings (SSSR count). The molecule has 0 aliphatic heterocycles. The summed E-state index contributed by atoms with van der Waals surface area (Å²) >= 11 is 0. The molecule has 1 heterocycles. The fourth-order valence-corrected chi connectivity index (χ4v) is 3.95. The van der Waals surface area contributed by atoms with Crippen molar-refractivity contribution in [2.24, 2.45) is 7.05 Å². The molecule has 11 heteroatoms. The minimum absolute atomic E-state index is 0.0322. The van der Waals surface area contributed by atoms with E-state index in [1.165, 1.54) is 12.1 Å². The summed E-state index contributed by atoms with van der Waals surface area (Å²) in [7, 11) is -2.04. The fourth-order valence-electron chi connectivity index (χ4n) is 2.96. The Bertz CT molecular complexity index is 1270. The summed E-state index contributed by atoms with van der Waals surface area (Å²) in [6.45, 7) is 0.847. The minimum Gasteiger partial charge on any atom is -0.350 e. The van der Waals surface area contributed by atoms with Crippen LogP contribution in [0.25, 0.3) is 10.9 Å². The molecule has 32 heavy (non-hydrogen) atoms. The normalized spacial score (nSPS) is 11.2. The Morgan fingerprint density at radius 1 is 0.906 bits per heavy atom. The molecule has 0 atom stereocenters. The lowest BCUT2D eigenvalue weighted by atomic mass is 10.2. The average molecular weight is 458 g/mol. The molecule has 0 spiro atoms. The van der Waals surface area contributed by atoms with Gasteiger partial charge < -0.3 is 9.88 Å². The second-order valence-electron chi connectivity index (χ2n) is 7.09. The Balaban J connectivity index is 1.44. The molecule has 0 saturated heterocycles. The maximum atomic E-state index is 12.4. The first-order valence-corrected chi connectivity index (χ1v) is 11.1. The molecule has 0 aliphatic rings. The van der Waals surface area contributed by atoms with Gasteiger partial charge in [0.25, 0.3) is 11.8 Å². The third kappa shape index (κ3) is 5.50. The van der Waals surface area contributed by atoms with Gasteiger partial charge in [-0.25, -0.2) is 13.1 Å². The number of carbonyl (C=O) groups is 3. The number of aromatic nitrogens is 1. The van der Waals surface area contributed by atoms with E-state index >= 15 is 0 Å². The summed E-state index contributed by atoms with van der Waals surface area (Å²) in [5.74, 6) is -1.88.